The number of nitrogens with two attached hydrogens (primary N) is 1. The molecule has 3 N–H and O–H groups in total. The Kier molecular flexibility index (Phi) is 5.60. The fourth-order valence-corrected chi connectivity index (χ4v) is 3.11. The van der Waals surface area contributed by atoms with Crippen LogP contribution in [0.25, 0.3) is 0 Å². The number of nitrogens with zero attached hydrogens (tertiary/aromatic N) is 2. The van der Waals surface area contributed by atoms with Gasteiger partial charge in [-0.05, 0) is 19.8 Å². The first-order chi connectivity index (χ1) is 9.20. The molecule has 0 radical (unpaired) electrons. The third kappa shape index (κ3) is 4.16. The van der Waals surface area contributed by atoms with Gasteiger partial charge in [0.15, 0.2) is 0 Å². The zero-order valence-corrected chi connectivity index (χ0v) is 12.1. The van der Waals surface area contributed by atoms with Crippen molar-refractivity contribution in [2.24, 2.45) is 5.73 Å². The Morgan fingerprint density at radius 3 is 2.47 bits per heavy atom. The Bertz CT molecular complexity index is 283. The zero-order valence-electron chi connectivity index (χ0n) is 12.1. The van der Waals surface area contributed by atoms with Crippen molar-refractivity contribution >= 4 is 5.91 Å². The van der Waals surface area contributed by atoms with Gasteiger partial charge in [-0.15, -0.1) is 0 Å². The summed E-state index contributed by atoms with van der Waals surface area (Å²) in [7, 11) is 0. The standard InChI is InChI=1S/C14H28N4O/c1-12(14(19)16-13-4-2-3-5-13)18-10-8-17(7-6-15)9-11-18/h12-13H,2-11,15H2,1H3,(H,16,19). The van der Waals surface area contributed by atoms with E-state index in [9.17, 15) is 4.79 Å². The third-order valence-electron chi connectivity index (χ3n) is 4.48. The molecular weight excluding hydrogens is 240 g/mol. The first-order valence-electron chi connectivity index (χ1n) is 7.67. The molecule has 1 saturated heterocycles. The lowest BCUT2D eigenvalue weighted by atomic mass is 10.2. The van der Waals surface area contributed by atoms with E-state index in [4.69, 9.17) is 5.73 Å². The Labute approximate surface area is 116 Å². The molecule has 1 unspecified atom stereocenters. The summed E-state index contributed by atoms with van der Waals surface area (Å²) in [4.78, 5) is 16.9. The second-order valence-corrected chi connectivity index (χ2v) is 5.83. The summed E-state index contributed by atoms with van der Waals surface area (Å²) in [6.07, 6.45) is 4.83. The zero-order chi connectivity index (χ0) is 13.7. The first kappa shape index (κ1) is 14.8. The highest BCUT2D eigenvalue weighted by Gasteiger charge is 2.27. The van der Waals surface area contributed by atoms with E-state index < -0.39 is 0 Å². The van der Waals surface area contributed by atoms with Crippen molar-refractivity contribution in [3.8, 4) is 0 Å². The van der Waals surface area contributed by atoms with Crippen molar-refractivity contribution in [3.63, 3.8) is 0 Å². The fourth-order valence-electron chi connectivity index (χ4n) is 3.11. The van der Waals surface area contributed by atoms with Crippen LogP contribution in [0.5, 0.6) is 0 Å². The van der Waals surface area contributed by atoms with E-state index in [0.717, 1.165) is 52.1 Å². The summed E-state index contributed by atoms with van der Waals surface area (Å²) < 4.78 is 0. The molecule has 1 aliphatic heterocycles. The van der Waals surface area contributed by atoms with Crippen molar-refractivity contribution < 1.29 is 4.79 Å². The molecule has 5 heteroatoms. The molecule has 5 nitrogen and oxygen atoms in total. The van der Waals surface area contributed by atoms with Gasteiger partial charge in [0, 0.05) is 45.3 Å². The third-order valence-corrected chi connectivity index (χ3v) is 4.48. The number of carbonyl (C=O) groups excluding carboxylic acids is 1. The Morgan fingerprint density at radius 2 is 1.89 bits per heavy atom. The van der Waals surface area contributed by atoms with Crippen molar-refractivity contribution in [1.29, 1.82) is 0 Å². The van der Waals surface area contributed by atoms with E-state index in [1.54, 1.807) is 0 Å². The minimum Gasteiger partial charge on any atom is -0.352 e. The highest BCUT2D eigenvalue weighted by molar-refractivity contribution is 5.81. The topological polar surface area (TPSA) is 61.6 Å². The quantitative estimate of drug-likeness (QED) is 0.737. The lowest BCUT2D eigenvalue weighted by molar-refractivity contribution is -0.127. The van der Waals surface area contributed by atoms with Gasteiger partial charge in [-0.3, -0.25) is 14.6 Å². The summed E-state index contributed by atoms with van der Waals surface area (Å²) in [6.45, 7) is 7.71. The molecule has 0 aromatic rings. The van der Waals surface area contributed by atoms with Crippen LogP contribution in [0.1, 0.15) is 32.6 Å². The predicted molar refractivity (Wildman–Crippen MR) is 76.9 cm³/mol. The molecule has 1 saturated carbocycles. The van der Waals surface area contributed by atoms with Crippen molar-refractivity contribution in [2.45, 2.75) is 44.7 Å². The van der Waals surface area contributed by atoms with E-state index in [1.165, 1.54) is 12.8 Å². The molecule has 110 valence electrons. The van der Waals surface area contributed by atoms with Gasteiger partial charge in [-0.25, -0.2) is 0 Å². The second-order valence-electron chi connectivity index (χ2n) is 5.83. The Hall–Kier alpha value is -0.650. The lowest BCUT2D eigenvalue weighted by Gasteiger charge is -2.37. The summed E-state index contributed by atoms with van der Waals surface area (Å²) >= 11 is 0. The highest BCUT2D eigenvalue weighted by atomic mass is 16.2. The molecule has 2 fully saturated rings. The average Bonchev–Trinajstić information content (AvgIpc) is 2.92. The maximum Gasteiger partial charge on any atom is 0.237 e. The van der Waals surface area contributed by atoms with Crippen LogP contribution in [0, 0.1) is 0 Å². The molecular formula is C14H28N4O. The summed E-state index contributed by atoms with van der Waals surface area (Å²) in [6, 6.07) is 0.425. The number of rotatable bonds is 5. The van der Waals surface area contributed by atoms with E-state index >= 15 is 0 Å². The number of hydrogen-bond acceptors (Lipinski definition) is 4. The van der Waals surface area contributed by atoms with Gasteiger partial charge in [-0.1, -0.05) is 12.8 Å². The van der Waals surface area contributed by atoms with Crippen LogP contribution >= 0.6 is 0 Å². The van der Waals surface area contributed by atoms with Crippen LogP contribution in [0.4, 0.5) is 0 Å². The molecule has 2 aliphatic rings. The molecule has 1 atom stereocenters. The summed E-state index contributed by atoms with van der Waals surface area (Å²) in [5.41, 5.74) is 5.57. The largest absolute Gasteiger partial charge is 0.352 e. The number of amides is 1. The number of nitrogens with one attached hydrogen (secondary N) is 1. The van der Waals surface area contributed by atoms with Crippen molar-refractivity contribution in [1.82, 2.24) is 15.1 Å². The Balaban J connectivity index is 1.73. The fraction of sp³-hybridized carbons (Fsp3) is 0.929. The minimum absolute atomic E-state index is 0.000580. The van der Waals surface area contributed by atoms with Gasteiger partial charge in [0.1, 0.15) is 0 Å². The SMILES string of the molecule is CC(C(=O)NC1CCCC1)N1CCN(CCN)CC1. The van der Waals surface area contributed by atoms with Gasteiger partial charge >= 0.3 is 0 Å². The monoisotopic (exact) mass is 268 g/mol. The van der Waals surface area contributed by atoms with Crippen LogP contribution in [-0.4, -0.2) is 67.1 Å². The molecule has 19 heavy (non-hydrogen) atoms. The van der Waals surface area contributed by atoms with E-state index in [-0.39, 0.29) is 11.9 Å². The lowest BCUT2D eigenvalue weighted by Crippen LogP contribution is -2.55. The number of piperazine rings is 1. The van der Waals surface area contributed by atoms with Crippen LogP contribution in [-0.2, 0) is 4.79 Å². The van der Waals surface area contributed by atoms with Crippen molar-refractivity contribution in [3.05, 3.63) is 0 Å². The highest BCUT2D eigenvalue weighted by Crippen LogP contribution is 2.18. The minimum atomic E-state index is 0.000580. The first-order valence-corrected chi connectivity index (χ1v) is 7.67. The smallest absolute Gasteiger partial charge is 0.237 e. The predicted octanol–water partition coefficient (Wildman–Crippen LogP) is 0.0100. The molecule has 0 aromatic heterocycles. The molecule has 1 amide bonds. The van der Waals surface area contributed by atoms with Crippen LogP contribution in [0.3, 0.4) is 0 Å². The molecule has 2 rings (SSSR count). The molecule has 1 aliphatic carbocycles. The van der Waals surface area contributed by atoms with Crippen LogP contribution in [0.2, 0.25) is 0 Å². The Morgan fingerprint density at radius 1 is 1.26 bits per heavy atom. The van der Waals surface area contributed by atoms with Gasteiger partial charge < -0.3 is 11.1 Å². The van der Waals surface area contributed by atoms with Crippen LogP contribution in [0.15, 0.2) is 0 Å². The summed E-state index contributed by atoms with van der Waals surface area (Å²) in [5.74, 6) is 0.208. The van der Waals surface area contributed by atoms with Gasteiger partial charge in [0.2, 0.25) is 5.91 Å². The maximum atomic E-state index is 12.2. The number of hydrogen-bond donors (Lipinski definition) is 2. The molecule has 0 spiro atoms. The van der Waals surface area contributed by atoms with Gasteiger partial charge in [-0.2, -0.15) is 0 Å². The van der Waals surface area contributed by atoms with Crippen LogP contribution < -0.4 is 11.1 Å². The average molecular weight is 268 g/mol. The number of carbonyl (C=O) groups is 1. The molecule has 0 bridgehead atoms. The molecule has 1 heterocycles. The molecule has 0 aromatic carbocycles. The van der Waals surface area contributed by atoms with Crippen molar-refractivity contribution in [2.75, 3.05) is 39.3 Å². The van der Waals surface area contributed by atoms with E-state index in [1.807, 2.05) is 6.92 Å². The second kappa shape index (κ2) is 7.22. The normalized spacial score (nSPS) is 24.5. The van der Waals surface area contributed by atoms with E-state index in [0.29, 0.717) is 6.04 Å². The maximum absolute atomic E-state index is 12.2. The van der Waals surface area contributed by atoms with E-state index in [2.05, 4.69) is 15.1 Å². The summed E-state index contributed by atoms with van der Waals surface area (Å²) in [5, 5.41) is 3.20. The van der Waals surface area contributed by atoms with Gasteiger partial charge in [0.25, 0.3) is 0 Å². The van der Waals surface area contributed by atoms with Gasteiger partial charge in [0.05, 0.1) is 6.04 Å².